The van der Waals surface area contributed by atoms with Crippen LogP contribution >= 0.6 is 0 Å². The van der Waals surface area contributed by atoms with Gasteiger partial charge in [0, 0.05) is 54.8 Å². The first-order valence-corrected chi connectivity index (χ1v) is 23.4. The third-order valence-corrected chi connectivity index (χ3v) is 13.7. The molecule has 0 bridgehead atoms. The summed E-state index contributed by atoms with van der Waals surface area (Å²) < 4.78 is 7.08. The van der Waals surface area contributed by atoms with E-state index in [2.05, 4.69) is 244 Å². The van der Waals surface area contributed by atoms with Gasteiger partial charge in [0.1, 0.15) is 0 Å². The molecule has 14 aromatic rings. The summed E-state index contributed by atoms with van der Waals surface area (Å²) >= 11 is 0. The average molecular weight is 881 g/mol. The van der Waals surface area contributed by atoms with Crippen molar-refractivity contribution in [1.82, 2.24) is 28.7 Å². The van der Waals surface area contributed by atoms with Crippen LogP contribution in [0.1, 0.15) is 0 Å². The summed E-state index contributed by atoms with van der Waals surface area (Å²) in [4.78, 5) is 16.2. The number of hydrogen-bond acceptors (Lipinski definition) is 3. The van der Waals surface area contributed by atoms with Crippen LogP contribution in [0.4, 0.5) is 0 Å². The Hall–Kier alpha value is -9.39. The van der Waals surface area contributed by atoms with Crippen molar-refractivity contribution >= 4 is 65.4 Å². The molecule has 4 aromatic heterocycles. The topological polar surface area (TPSA) is 53.5 Å². The molecule has 0 saturated carbocycles. The number of aromatic nitrogens is 6. The highest BCUT2D eigenvalue weighted by atomic mass is 15.2. The fourth-order valence-electron chi connectivity index (χ4n) is 10.5. The molecule has 0 aliphatic rings. The average Bonchev–Trinajstić information content (AvgIpc) is 4.07. The molecule has 10 aromatic carbocycles. The van der Waals surface area contributed by atoms with Crippen molar-refractivity contribution in [2.75, 3.05) is 0 Å². The number of para-hydroxylation sites is 4. The highest BCUT2D eigenvalue weighted by molar-refractivity contribution is 6.24. The van der Waals surface area contributed by atoms with Crippen LogP contribution in [0, 0.1) is 0 Å². The molecule has 0 radical (unpaired) electrons. The summed E-state index contributed by atoms with van der Waals surface area (Å²) in [5.74, 6) is 1.72. The van der Waals surface area contributed by atoms with Crippen LogP contribution in [0.25, 0.3) is 128 Å². The molecule has 0 amide bonds. The predicted octanol–water partition coefficient (Wildman–Crippen LogP) is 15.8. The molecule has 69 heavy (non-hydrogen) atoms. The maximum Gasteiger partial charge on any atom is 0.238 e. The van der Waals surface area contributed by atoms with Crippen LogP contribution in [-0.2, 0) is 0 Å². The molecule has 0 aliphatic heterocycles. The predicted molar refractivity (Wildman–Crippen MR) is 285 cm³/mol. The van der Waals surface area contributed by atoms with Gasteiger partial charge in [0.15, 0.2) is 11.6 Å². The second-order valence-corrected chi connectivity index (χ2v) is 17.6. The van der Waals surface area contributed by atoms with Gasteiger partial charge in [0.25, 0.3) is 0 Å². The van der Waals surface area contributed by atoms with Gasteiger partial charge in [-0.3, -0.25) is 4.57 Å². The zero-order chi connectivity index (χ0) is 45.4. The molecule has 4 heterocycles. The second-order valence-electron chi connectivity index (χ2n) is 17.6. The van der Waals surface area contributed by atoms with E-state index in [1.54, 1.807) is 0 Å². The monoisotopic (exact) mass is 880 g/mol. The van der Waals surface area contributed by atoms with Gasteiger partial charge in [-0.2, -0.15) is 9.97 Å². The maximum atomic E-state index is 5.48. The summed E-state index contributed by atoms with van der Waals surface area (Å²) in [5, 5.41) is 6.97. The van der Waals surface area contributed by atoms with Crippen LogP contribution in [0.3, 0.4) is 0 Å². The van der Waals surface area contributed by atoms with Gasteiger partial charge in [-0.1, -0.05) is 194 Å². The van der Waals surface area contributed by atoms with Crippen LogP contribution < -0.4 is 0 Å². The molecule has 0 N–H and O–H groups in total. The lowest BCUT2D eigenvalue weighted by Crippen LogP contribution is -2.07. The highest BCUT2D eigenvalue weighted by Gasteiger charge is 2.25. The van der Waals surface area contributed by atoms with E-state index in [9.17, 15) is 0 Å². The van der Waals surface area contributed by atoms with Crippen LogP contribution in [-0.4, -0.2) is 28.7 Å². The van der Waals surface area contributed by atoms with Gasteiger partial charge < -0.3 is 9.13 Å². The van der Waals surface area contributed by atoms with E-state index < -0.39 is 0 Å². The largest absolute Gasteiger partial charge is 0.309 e. The zero-order valence-electron chi connectivity index (χ0n) is 37.3. The van der Waals surface area contributed by atoms with E-state index >= 15 is 0 Å². The molecule has 0 spiro atoms. The molecule has 0 aliphatic carbocycles. The van der Waals surface area contributed by atoms with Gasteiger partial charge in [0.05, 0.1) is 33.1 Å². The van der Waals surface area contributed by atoms with E-state index in [0.717, 1.165) is 94.0 Å². The third-order valence-electron chi connectivity index (χ3n) is 13.7. The second kappa shape index (κ2) is 15.6. The van der Waals surface area contributed by atoms with Crippen molar-refractivity contribution in [3.63, 3.8) is 0 Å². The molecule has 0 saturated heterocycles. The number of benzene rings is 10. The Morgan fingerprint density at radius 1 is 0.232 bits per heavy atom. The van der Waals surface area contributed by atoms with E-state index in [-0.39, 0.29) is 0 Å². The first-order chi connectivity index (χ1) is 34.2. The summed E-state index contributed by atoms with van der Waals surface area (Å²) in [6, 6.07) is 86.2. The van der Waals surface area contributed by atoms with Crippen molar-refractivity contribution < 1.29 is 0 Å². The van der Waals surface area contributed by atoms with Crippen molar-refractivity contribution in [2.24, 2.45) is 0 Å². The molecule has 14 rings (SSSR count). The summed E-state index contributed by atoms with van der Waals surface area (Å²) in [6.45, 7) is 0. The minimum atomic E-state index is 0.538. The highest BCUT2D eigenvalue weighted by Crippen LogP contribution is 2.43. The number of fused-ring (bicyclic) bond motifs is 10. The third kappa shape index (κ3) is 6.23. The molecule has 0 unspecified atom stereocenters. The minimum absolute atomic E-state index is 0.538. The Bertz CT molecular complexity index is 4110. The first-order valence-electron chi connectivity index (χ1n) is 23.4. The van der Waals surface area contributed by atoms with E-state index in [1.165, 1.54) is 16.2 Å². The van der Waals surface area contributed by atoms with Crippen LogP contribution in [0.2, 0.25) is 0 Å². The molecule has 0 atom stereocenters. The van der Waals surface area contributed by atoms with Gasteiger partial charge in [-0.25, -0.2) is 4.98 Å². The summed E-state index contributed by atoms with van der Waals surface area (Å²) in [5.41, 5.74) is 15.1. The molecule has 6 heteroatoms. The SMILES string of the molecule is c1ccc(-c2ccc(-c3nc(-c4ccc(-c5ccccc5)cc4)nc(-n4c5ccc(-n6c7ccccc7c7ccccc76)cc5c5ccc6c7ccccc7n(-c7ccccc7)c6c54)n3)cc2)cc1. The maximum absolute atomic E-state index is 5.48. The lowest BCUT2D eigenvalue weighted by Gasteiger charge is -2.14. The van der Waals surface area contributed by atoms with Gasteiger partial charge >= 0.3 is 0 Å². The Balaban J connectivity index is 1.08. The number of rotatable bonds is 7. The van der Waals surface area contributed by atoms with Crippen molar-refractivity contribution in [1.29, 1.82) is 0 Å². The van der Waals surface area contributed by atoms with Crippen molar-refractivity contribution in [3.05, 3.63) is 243 Å². The summed E-state index contributed by atoms with van der Waals surface area (Å²) in [7, 11) is 0. The van der Waals surface area contributed by atoms with Crippen LogP contribution in [0.15, 0.2) is 243 Å². The zero-order valence-corrected chi connectivity index (χ0v) is 37.3. The molecular formula is C63H40N6. The van der Waals surface area contributed by atoms with E-state index in [4.69, 9.17) is 15.0 Å². The lowest BCUT2D eigenvalue weighted by atomic mass is 10.0. The van der Waals surface area contributed by atoms with Crippen LogP contribution in [0.5, 0.6) is 0 Å². The van der Waals surface area contributed by atoms with Gasteiger partial charge in [-0.15, -0.1) is 0 Å². The Morgan fingerprint density at radius 3 is 1.16 bits per heavy atom. The molecule has 322 valence electrons. The quantitative estimate of drug-likeness (QED) is 0.160. The van der Waals surface area contributed by atoms with E-state index in [0.29, 0.717) is 17.6 Å². The van der Waals surface area contributed by atoms with Crippen molar-refractivity contribution in [3.8, 4) is 62.4 Å². The Kier molecular flexibility index (Phi) is 8.79. The fraction of sp³-hybridized carbons (Fsp3) is 0. The molecule has 0 fully saturated rings. The Morgan fingerprint density at radius 2 is 0.623 bits per heavy atom. The first kappa shape index (κ1) is 38.8. The van der Waals surface area contributed by atoms with E-state index in [1.807, 2.05) is 12.1 Å². The number of hydrogen-bond donors (Lipinski definition) is 0. The number of nitrogens with zero attached hydrogens (tertiary/aromatic N) is 6. The smallest absolute Gasteiger partial charge is 0.238 e. The standard InChI is InChI=1S/C63H40N6/c1-4-16-41(17-5-1)43-28-32-45(33-29-43)61-64-62(46-34-30-44(31-35-46)42-18-6-2-7-19-42)66-63(65-61)69-58-39-36-48(67-55-25-13-10-22-49(55)50-23-11-14-26-56(50)67)40-54(58)53-38-37-52-51-24-12-15-27-57(51)68(59(52)60(53)69)47-20-8-3-9-21-47/h1-40H. The van der Waals surface area contributed by atoms with Crippen molar-refractivity contribution in [2.45, 2.75) is 0 Å². The van der Waals surface area contributed by atoms with Gasteiger partial charge in [0.2, 0.25) is 5.95 Å². The molecular weight excluding hydrogens is 841 g/mol. The van der Waals surface area contributed by atoms with Gasteiger partial charge in [-0.05, 0) is 70.8 Å². The molecule has 6 nitrogen and oxygen atoms in total. The summed E-state index contributed by atoms with van der Waals surface area (Å²) in [6.07, 6.45) is 0. The minimum Gasteiger partial charge on any atom is -0.309 e. The Labute approximate surface area is 397 Å². The normalized spacial score (nSPS) is 11.8. The fourth-order valence-corrected chi connectivity index (χ4v) is 10.5. The lowest BCUT2D eigenvalue weighted by molar-refractivity contribution is 0.953.